The van der Waals surface area contributed by atoms with E-state index in [1.807, 2.05) is 6.92 Å². The van der Waals surface area contributed by atoms with Crippen LogP contribution >= 0.6 is 11.6 Å². The second-order valence-corrected chi connectivity index (χ2v) is 3.44. The molecule has 0 radical (unpaired) electrons. The predicted molar refractivity (Wildman–Crippen MR) is 61.9 cm³/mol. The summed E-state index contributed by atoms with van der Waals surface area (Å²) >= 11 is 5.75. The topological polar surface area (TPSA) is 88.6 Å². The summed E-state index contributed by atoms with van der Waals surface area (Å²) < 4.78 is 5.16. The van der Waals surface area contributed by atoms with Gasteiger partial charge in [-0.2, -0.15) is 20.1 Å². The summed E-state index contributed by atoms with van der Waals surface area (Å²) in [6.45, 7) is 2.86. The fraction of sp³-hybridized carbons (Fsp3) is 0.333. The van der Waals surface area contributed by atoms with Crippen LogP contribution in [0.1, 0.15) is 12.5 Å². The predicted octanol–water partition coefficient (Wildman–Crippen LogP) is 1.26. The van der Waals surface area contributed by atoms with Crippen molar-refractivity contribution in [3.8, 4) is 6.01 Å². The summed E-state index contributed by atoms with van der Waals surface area (Å²) in [5, 5.41) is 9.64. The quantitative estimate of drug-likeness (QED) is 0.835. The first-order chi connectivity index (χ1) is 8.28. The van der Waals surface area contributed by atoms with Gasteiger partial charge < -0.3 is 10.1 Å². The van der Waals surface area contributed by atoms with E-state index in [1.54, 1.807) is 12.4 Å². The lowest BCUT2D eigenvalue weighted by atomic mass is 10.4. The second-order valence-electron chi connectivity index (χ2n) is 3.10. The number of H-pyrrole nitrogens is 1. The van der Waals surface area contributed by atoms with Crippen LogP contribution in [-0.2, 0) is 6.54 Å². The number of nitrogens with one attached hydrogen (secondary N) is 2. The average Bonchev–Trinajstić information content (AvgIpc) is 2.79. The monoisotopic (exact) mass is 254 g/mol. The lowest BCUT2D eigenvalue weighted by Crippen LogP contribution is -2.06. The molecule has 2 aromatic rings. The Labute approximate surface area is 103 Å². The van der Waals surface area contributed by atoms with Gasteiger partial charge in [-0.1, -0.05) is 0 Å². The molecule has 2 rings (SSSR count). The van der Waals surface area contributed by atoms with Crippen LogP contribution < -0.4 is 10.1 Å². The molecule has 0 aliphatic rings. The molecule has 0 aliphatic carbocycles. The third-order valence-electron chi connectivity index (χ3n) is 1.87. The molecule has 2 heterocycles. The summed E-state index contributed by atoms with van der Waals surface area (Å²) in [6.07, 6.45) is 3.48. The van der Waals surface area contributed by atoms with E-state index in [0.29, 0.717) is 19.1 Å². The molecular weight excluding hydrogens is 244 g/mol. The average molecular weight is 255 g/mol. The van der Waals surface area contributed by atoms with Crippen LogP contribution in [0, 0.1) is 0 Å². The molecule has 2 aromatic heterocycles. The first kappa shape index (κ1) is 11.6. The summed E-state index contributed by atoms with van der Waals surface area (Å²) in [7, 11) is 0. The standard InChI is InChI=1S/C9H11ClN6O/c1-2-17-9-15-7(10)14-8(16-9)11-3-6-4-12-13-5-6/h4-5H,2-3H2,1H3,(H,12,13)(H,11,14,15,16). The van der Waals surface area contributed by atoms with Crippen LogP contribution in [0.25, 0.3) is 0 Å². The molecule has 0 unspecified atom stereocenters. The van der Waals surface area contributed by atoms with Crippen molar-refractivity contribution in [3.63, 3.8) is 0 Å². The van der Waals surface area contributed by atoms with Gasteiger partial charge in [0.15, 0.2) is 0 Å². The van der Waals surface area contributed by atoms with E-state index in [2.05, 4.69) is 30.5 Å². The summed E-state index contributed by atoms with van der Waals surface area (Å²) in [6, 6.07) is 0.210. The molecule has 0 fully saturated rings. The van der Waals surface area contributed by atoms with Crippen molar-refractivity contribution in [3.05, 3.63) is 23.2 Å². The first-order valence-corrected chi connectivity index (χ1v) is 5.41. The largest absolute Gasteiger partial charge is 0.464 e. The molecule has 0 amide bonds. The van der Waals surface area contributed by atoms with Crippen molar-refractivity contribution in [1.82, 2.24) is 25.1 Å². The smallest absolute Gasteiger partial charge is 0.322 e. The molecule has 90 valence electrons. The van der Waals surface area contributed by atoms with E-state index in [4.69, 9.17) is 16.3 Å². The van der Waals surface area contributed by atoms with Crippen molar-refractivity contribution >= 4 is 17.5 Å². The Morgan fingerprint density at radius 2 is 2.29 bits per heavy atom. The molecule has 17 heavy (non-hydrogen) atoms. The van der Waals surface area contributed by atoms with Crippen LogP contribution in [0.3, 0.4) is 0 Å². The highest BCUT2D eigenvalue weighted by Gasteiger charge is 2.05. The van der Waals surface area contributed by atoms with E-state index >= 15 is 0 Å². The summed E-state index contributed by atoms with van der Waals surface area (Å²) in [4.78, 5) is 11.8. The number of halogens is 1. The van der Waals surface area contributed by atoms with Gasteiger partial charge in [-0.05, 0) is 18.5 Å². The zero-order valence-corrected chi connectivity index (χ0v) is 9.90. The Kier molecular flexibility index (Phi) is 3.71. The molecule has 0 aromatic carbocycles. The fourth-order valence-corrected chi connectivity index (χ4v) is 1.31. The molecule has 0 aliphatic heterocycles. The molecule has 2 N–H and O–H groups in total. The number of nitrogens with zero attached hydrogens (tertiary/aromatic N) is 4. The van der Waals surface area contributed by atoms with E-state index in [-0.39, 0.29) is 11.3 Å². The molecule has 0 spiro atoms. The zero-order valence-electron chi connectivity index (χ0n) is 9.14. The van der Waals surface area contributed by atoms with Crippen LogP contribution in [0.4, 0.5) is 5.95 Å². The Morgan fingerprint density at radius 3 is 3.00 bits per heavy atom. The Bertz CT molecular complexity index is 474. The minimum atomic E-state index is 0.0955. The van der Waals surface area contributed by atoms with Crippen molar-refractivity contribution in [2.24, 2.45) is 0 Å². The summed E-state index contributed by atoms with van der Waals surface area (Å²) in [5.74, 6) is 0.370. The van der Waals surface area contributed by atoms with Crippen molar-refractivity contribution in [2.75, 3.05) is 11.9 Å². The molecule has 0 saturated heterocycles. The first-order valence-electron chi connectivity index (χ1n) is 5.04. The van der Waals surface area contributed by atoms with Crippen LogP contribution in [0.15, 0.2) is 12.4 Å². The lowest BCUT2D eigenvalue weighted by molar-refractivity contribution is 0.312. The Hall–Kier alpha value is -1.89. The number of hydrogen-bond acceptors (Lipinski definition) is 6. The SMILES string of the molecule is CCOc1nc(Cl)nc(NCc2cn[nH]c2)n1. The van der Waals surface area contributed by atoms with Gasteiger partial charge in [-0.15, -0.1) is 0 Å². The minimum Gasteiger partial charge on any atom is -0.464 e. The molecular formula is C9H11ClN6O. The normalized spacial score (nSPS) is 10.2. The third kappa shape index (κ3) is 3.28. The molecule has 8 heteroatoms. The molecule has 0 bridgehead atoms. The van der Waals surface area contributed by atoms with Gasteiger partial charge >= 0.3 is 6.01 Å². The van der Waals surface area contributed by atoms with Crippen LogP contribution in [0.2, 0.25) is 5.28 Å². The van der Waals surface area contributed by atoms with Gasteiger partial charge in [-0.3, -0.25) is 5.10 Å². The fourth-order valence-electron chi connectivity index (χ4n) is 1.16. The molecule has 0 saturated carbocycles. The lowest BCUT2D eigenvalue weighted by Gasteiger charge is -2.05. The number of rotatable bonds is 5. The van der Waals surface area contributed by atoms with Crippen molar-refractivity contribution in [2.45, 2.75) is 13.5 Å². The zero-order chi connectivity index (χ0) is 12.1. The Morgan fingerprint density at radius 1 is 1.41 bits per heavy atom. The Balaban J connectivity index is 2.04. The number of ether oxygens (including phenoxy) is 1. The number of hydrogen-bond donors (Lipinski definition) is 2. The van der Waals surface area contributed by atoms with E-state index in [0.717, 1.165) is 5.56 Å². The highest BCUT2D eigenvalue weighted by molar-refractivity contribution is 6.28. The van der Waals surface area contributed by atoms with Crippen LogP contribution in [-0.4, -0.2) is 31.8 Å². The van der Waals surface area contributed by atoms with E-state index < -0.39 is 0 Å². The van der Waals surface area contributed by atoms with Gasteiger partial charge in [0, 0.05) is 18.3 Å². The number of aromatic amines is 1. The van der Waals surface area contributed by atoms with Gasteiger partial charge in [0.25, 0.3) is 0 Å². The van der Waals surface area contributed by atoms with Gasteiger partial charge in [0.2, 0.25) is 11.2 Å². The third-order valence-corrected chi connectivity index (χ3v) is 2.04. The van der Waals surface area contributed by atoms with Gasteiger partial charge in [-0.25, -0.2) is 0 Å². The molecule has 7 nitrogen and oxygen atoms in total. The minimum absolute atomic E-state index is 0.0955. The highest BCUT2D eigenvalue weighted by atomic mass is 35.5. The second kappa shape index (κ2) is 5.44. The maximum Gasteiger partial charge on any atom is 0.322 e. The molecule has 0 atom stereocenters. The summed E-state index contributed by atoms with van der Waals surface area (Å²) in [5.41, 5.74) is 0.986. The van der Waals surface area contributed by atoms with Gasteiger partial charge in [0.1, 0.15) is 0 Å². The van der Waals surface area contributed by atoms with Crippen molar-refractivity contribution < 1.29 is 4.74 Å². The van der Waals surface area contributed by atoms with E-state index in [9.17, 15) is 0 Å². The van der Waals surface area contributed by atoms with Gasteiger partial charge in [0.05, 0.1) is 12.8 Å². The van der Waals surface area contributed by atoms with Crippen LogP contribution in [0.5, 0.6) is 6.01 Å². The number of aromatic nitrogens is 5. The number of anilines is 1. The highest BCUT2D eigenvalue weighted by Crippen LogP contribution is 2.11. The van der Waals surface area contributed by atoms with E-state index in [1.165, 1.54) is 0 Å². The van der Waals surface area contributed by atoms with Crippen molar-refractivity contribution in [1.29, 1.82) is 0 Å². The maximum absolute atomic E-state index is 5.75. The maximum atomic E-state index is 5.75.